The van der Waals surface area contributed by atoms with Gasteiger partial charge < -0.3 is 24.7 Å². The molecule has 0 radical (unpaired) electrons. The highest BCUT2D eigenvalue weighted by atomic mass is 16.7. The van der Waals surface area contributed by atoms with Crippen molar-refractivity contribution in [2.75, 3.05) is 17.2 Å². The Morgan fingerprint density at radius 2 is 1.78 bits per heavy atom. The number of carbonyl (C=O) groups excluding carboxylic acids is 1. The number of nitrogens with one attached hydrogen (secondary N) is 2. The third kappa shape index (κ3) is 4.41. The molecule has 1 aromatic heterocycles. The molecule has 8 nitrogen and oxygen atoms in total. The minimum absolute atomic E-state index is 0.195. The molecular weight excluding hydrogens is 455 g/mol. The lowest BCUT2D eigenvalue weighted by Gasteiger charge is -2.32. The molecule has 2 aromatic carbocycles. The van der Waals surface area contributed by atoms with E-state index in [0.29, 0.717) is 35.7 Å². The topological polar surface area (TPSA) is 105 Å². The van der Waals surface area contributed by atoms with Crippen LogP contribution in [0.15, 0.2) is 54.7 Å². The number of hydrogen-bond donors (Lipinski definition) is 2. The first kappa shape index (κ1) is 23.9. The Balaban J connectivity index is 1.33. The molecular formula is C27H27BN4O4. The number of benzene rings is 2. The summed E-state index contributed by atoms with van der Waals surface area (Å²) in [6.45, 7) is 8.43. The summed E-state index contributed by atoms with van der Waals surface area (Å²) in [7, 11) is -0.517. The van der Waals surface area contributed by atoms with Crippen LogP contribution in [0.25, 0.3) is 0 Å². The molecule has 0 spiro atoms. The van der Waals surface area contributed by atoms with Gasteiger partial charge in [0.15, 0.2) is 11.4 Å². The molecule has 9 heteroatoms. The maximum Gasteiger partial charge on any atom is 0.494 e. The van der Waals surface area contributed by atoms with Gasteiger partial charge in [0.25, 0.3) is 5.91 Å². The molecule has 1 fully saturated rings. The van der Waals surface area contributed by atoms with E-state index in [9.17, 15) is 4.79 Å². The van der Waals surface area contributed by atoms with E-state index in [1.165, 1.54) is 0 Å². The van der Waals surface area contributed by atoms with E-state index >= 15 is 0 Å². The lowest BCUT2D eigenvalue weighted by molar-refractivity contribution is 0.00578. The van der Waals surface area contributed by atoms with Crippen LogP contribution in [-0.4, -0.2) is 35.8 Å². The SMILES string of the molecule is CC1(C)OB(c2ccc3c(c2)Nc2ccc(CCOc4cccnc4C#N)cc2NC3=O)OC1(C)C. The molecule has 1 amide bonds. The fourth-order valence-electron chi connectivity index (χ4n) is 4.15. The number of aromatic nitrogens is 1. The number of nitriles is 1. The lowest BCUT2D eigenvalue weighted by atomic mass is 9.78. The number of nitrogens with zero attached hydrogens (tertiary/aromatic N) is 2. The molecule has 2 aliphatic rings. The average Bonchev–Trinajstić information content (AvgIpc) is 2.98. The standard InChI is InChI=1S/C27H27BN4O4/c1-26(2)27(3,4)36-28(35-26)18-8-9-19-21(15-18)31-20-10-7-17(14-22(20)32-25(19)33)11-13-34-24-6-5-12-30-23(24)16-29/h5-10,12,14-15,31H,11,13H2,1-4H3,(H,32,33). The van der Waals surface area contributed by atoms with Crippen molar-refractivity contribution >= 4 is 35.6 Å². The zero-order valence-electron chi connectivity index (χ0n) is 20.7. The number of anilines is 3. The van der Waals surface area contributed by atoms with Crippen molar-refractivity contribution in [3.63, 3.8) is 0 Å². The van der Waals surface area contributed by atoms with Crippen LogP contribution in [0.5, 0.6) is 5.75 Å². The van der Waals surface area contributed by atoms with E-state index in [-0.39, 0.29) is 11.6 Å². The Morgan fingerprint density at radius 1 is 1.00 bits per heavy atom. The summed E-state index contributed by atoms with van der Waals surface area (Å²) in [6.07, 6.45) is 2.16. The molecule has 3 aromatic rings. The van der Waals surface area contributed by atoms with Crippen LogP contribution in [-0.2, 0) is 15.7 Å². The van der Waals surface area contributed by atoms with Crippen LogP contribution >= 0.6 is 0 Å². The Kier molecular flexibility index (Phi) is 5.95. The summed E-state index contributed by atoms with van der Waals surface area (Å²) in [5.41, 5.74) is 3.89. The maximum absolute atomic E-state index is 13.0. The lowest BCUT2D eigenvalue weighted by Crippen LogP contribution is -2.41. The van der Waals surface area contributed by atoms with Crippen molar-refractivity contribution < 1.29 is 18.8 Å². The first-order chi connectivity index (χ1) is 17.2. The number of carbonyl (C=O) groups is 1. The summed E-state index contributed by atoms with van der Waals surface area (Å²) >= 11 is 0. The highest BCUT2D eigenvalue weighted by Crippen LogP contribution is 2.37. The second kappa shape index (κ2) is 8.97. The van der Waals surface area contributed by atoms with Crippen LogP contribution in [0.1, 0.15) is 49.3 Å². The average molecular weight is 482 g/mol. The predicted octanol–water partition coefficient (Wildman–Crippen LogP) is 4.18. The van der Waals surface area contributed by atoms with Crippen molar-refractivity contribution in [2.45, 2.75) is 45.3 Å². The molecule has 1 saturated heterocycles. The van der Waals surface area contributed by atoms with Gasteiger partial charge in [-0.2, -0.15) is 5.26 Å². The van der Waals surface area contributed by atoms with E-state index < -0.39 is 18.3 Å². The van der Waals surface area contributed by atoms with Crippen molar-refractivity contribution in [3.05, 3.63) is 71.5 Å². The van der Waals surface area contributed by atoms with Crippen LogP contribution in [0, 0.1) is 11.3 Å². The van der Waals surface area contributed by atoms with Gasteiger partial charge >= 0.3 is 7.12 Å². The molecule has 0 bridgehead atoms. The number of rotatable bonds is 5. The van der Waals surface area contributed by atoms with Crippen LogP contribution < -0.4 is 20.8 Å². The number of amides is 1. The van der Waals surface area contributed by atoms with Gasteiger partial charge in [-0.25, -0.2) is 4.98 Å². The minimum atomic E-state index is -0.517. The normalized spacial score (nSPS) is 17.2. The van der Waals surface area contributed by atoms with Crippen molar-refractivity contribution in [2.24, 2.45) is 0 Å². The van der Waals surface area contributed by atoms with Gasteiger partial charge in [-0.15, -0.1) is 0 Å². The van der Waals surface area contributed by atoms with Gasteiger partial charge in [0.05, 0.1) is 40.4 Å². The van der Waals surface area contributed by atoms with Crippen molar-refractivity contribution in [3.8, 4) is 11.8 Å². The first-order valence-electron chi connectivity index (χ1n) is 11.9. The fraction of sp³-hybridized carbons (Fsp3) is 0.296. The van der Waals surface area contributed by atoms with E-state index in [2.05, 4.69) is 15.6 Å². The highest BCUT2D eigenvalue weighted by Gasteiger charge is 2.51. The minimum Gasteiger partial charge on any atom is -0.490 e. The molecule has 0 saturated carbocycles. The van der Waals surface area contributed by atoms with Gasteiger partial charge in [-0.05, 0) is 75.1 Å². The molecule has 5 rings (SSSR count). The van der Waals surface area contributed by atoms with Crippen molar-refractivity contribution in [1.82, 2.24) is 4.98 Å². The molecule has 36 heavy (non-hydrogen) atoms. The Labute approximate surface area is 210 Å². The smallest absolute Gasteiger partial charge is 0.490 e. The van der Waals surface area contributed by atoms with E-state index in [0.717, 1.165) is 16.7 Å². The summed E-state index contributed by atoms with van der Waals surface area (Å²) in [5, 5.41) is 15.6. The molecule has 0 aliphatic carbocycles. The largest absolute Gasteiger partial charge is 0.494 e. The molecule has 0 atom stereocenters. The number of fused-ring (bicyclic) bond motifs is 2. The van der Waals surface area contributed by atoms with Crippen LogP contribution in [0.2, 0.25) is 0 Å². The van der Waals surface area contributed by atoms with Crippen LogP contribution in [0.3, 0.4) is 0 Å². The molecule has 3 heterocycles. The van der Waals surface area contributed by atoms with Gasteiger partial charge in [0.1, 0.15) is 6.07 Å². The monoisotopic (exact) mass is 482 g/mol. The summed E-state index contributed by atoms with van der Waals surface area (Å²) < 4.78 is 18.1. The van der Waals surface area contributed by atoms with E-state index in [1.807, 2.05) is 64.1 Å². The van der Waals surface area contributed by atoms with Gasteiger partial charge in [0, 0.05) is 12.6 Å². The van der Waals surface area contributed by atoms with Crippen molar-refractivity contribution in [1.29, 1.82) is 5.26 Å². The fourth-order valence-corrected chi connectivity index (χ4v) is 4.15. The third-order valence-electron chi connectivity index (χ3n) is 6.94. The number of ether oxygens (including phenoxy) is 1. The molecule has 2 aliphatic heterocycles. The van der Waals surface area contributed by atoms with Gasteiger partial charge in [-0.1, -0.05) is 12.1 Å². The number of hydrogen-bond acceptors (Lipinski definition) is 7. The van der Waals surface area contributed by atoms with Gasteiger partial charge in [-0.3, -0.25) is 4.79 Å². The first-order valence-corrected chi connectivity index (χ1v) is 11.9. The zero-order chi connectivity index (χ0) is 25.5. The molecule has 0 unspecified atom stereocenters. The maximum atomic E-state index is 13.0. The Morgan fingerprint density at radius 3 is 2.53 bits per heavy atom. The van der Waals surface area contributed by atoms with Gasteiger partial charge in [0.2, 0.25) is 0 Å². The molecule has 182 valence electrons. The van der Waals surface area contributed by atoms with E-state index in [4.69, 9.17) is 19.3 Å². The number of pyridine rings is 1. The second-order valence-corrected chi connectivity index (χ2v) is 9.91. The summed E-state index contributed by atoms with van der Waals surface area (Å²) in [6, 6.07) is 16.9. The second-order valence-electron chi connectivity index (χ2n) is 9.91. The zero-order valence-corrected chi connectivity index (χ0v) is 20.7. The summed E-state index contributed by atoms with van der Waals surface area (Å²) in [4.78, 5) is 17.0. The Bertz CT molecular complexity index is 1370. The predicted molar refractivity (Wildman–Crippen MR) is 138 cm³/mol. The third-order valence-corrected chi connectivity index (χ3v) is 6.94. The van der Waals surface area contributed by atoms with Crippen LogP contribution in [0.4, 0.5) is 17.1 Å². The molecule has 2 N–H and O–H groups in total. The van der Waals surface area contributed by atoms with E-state index in [1.54, 1.807) is 24.4 Å². The quantitative estimate of drug-likeness (QED) is 0.526. The Hall–Kier alpha value is -3.87. The highest BCUT2D eigenvalue weighted by molar-refractivity contribution is 6.62. The summed E-state index contributed by atoms with van der Waals surface area (Å²) in [5.74, 6) is 0.261.